The summed E-state index contributed by atoms with van der Waals surface area (Å²) in [6.45, 7) is 6.87. The van der Waals surface area contributed by atoms with E-state index < -0.39 is 4.92 Å². The molecular formula is C12H17ClN2O3. The highest BCUT2D eigenvalue weighted by molar-refractivity contribution is 6.33. The summed E-state index contributed by atoms with van der Waals surface area (Å²) >= 11 is 6.01. The topological polar surface area (TPSA) is 64.4 Å². The average Bonchev–Trinajstić information content (AvgIpc) is 2.26. The van der Waals surface area contributed by atoms with Gasteiger partial charge in [0, 0.05) is 18.7 Å². The molecule has 1 aromatic carbocycles. The smallest absolute Gasteiger partial charge is 0.271 e. The highest BCUT2D eigenvalue weighted by Gasteiger charge is 2.12. The zero-order chi connectivity index (χ0) is 13.7. The summed E-state index contributed by atoms with van der Waals surface area (Å²) in [6.07, 6.45) is 0.181. The lowest BCUT2D eigenvalue weighted by molar-refractivity contribution is -0.384. The first-order valence-electron chi connectivity index (χ1n) is 5.72. The number of ether oxygens (including phenoxy) is 1. The number of nitrogens with one attached hydrogen (secondary N) is 1. The Kier molecular flexibility index (Phi) is 5.37. The van der Waals surface area contributed by atoms with E-state index in [1.165, 1.54) is 12.1 Å². The summed E-state index contributed by atoms with van der Waals surface area (Å²) in [4.78, 5) is 10.2. The molecule has 0 radical (unpaired) electrons. The Balaban J connectivity index is 2.69. The maximum absolute atomic E-state index is 10.7. The van der Waals surface area contributed by atoms with E-state index in [0.717, 1.165) is 11.3 Å². The molecule has 0 aliphatic rings. The van der Waals surface area contributed by atoms with Gasteiger partial charge in [-0.1, -0.05) is 11.6 Å². The van der Waals surface area contributed by atoms with E-state index in [2.05, 4.69) is 5.32 Å². The molecule has 0 saturated carbocycles. The van der Waals surface area contributed by atoms with Gasteiger partial charge in [0.2, 0.25) is 0 Å². The summed E-state index contributed by atoms with van der Waals surface area (Å²) in [7, 11) is 0. The number of nitro groups is 1. The molecule has 1 rings (SSSR count). The minimum Gasteiger partial charge on any atom is -0.381 e. The van der Waals surface area contributed by atoms with Gasteiger partial charge in [-0.15, -0.1) is 0 Å². The van der Waals surface area contributed by atoms with E-state index in [0.29, 0.717) is 18.2 Å². The van der Waals surface area contributed by atoms with Crippen LogP contribution in [0.25, 0.3) is 0 Å². The first kappa shape index (κ1) is 14.7. The predicted molar refractivity (Wildman–Crippen MR) is 72.4 cm³/mol. The molecule has 0 fully saturated rings. The molecule has 0 amide bonds. The van der Waals surface area contributed by atoms with E-state index in [1.54, 1.807) is 6.92 Å². The van der Waals surface area contributed by atoms with Crippen LogP contribution in [0, 0.1) is 17.0 Å². The average molecular weight is 273 g/mol. The number of halogens is 1. The number of nitrogens with zero attached hydrogens (tertiary/aromatic N) is 1. The van der Waals surface area contributed by atoms with Crippen LogP contribution in [-0.4, -0.2) is 24.2 Å². The van der Waals surface area contributed by atoms with Crippen molar-refractivity contribution in [2.24, 2.45) is 0 Å². The fourth-order valence-corrected chi connectivity index (χ4v) is 1.85. The van der Waals surface area contributed by atoms with Crippen molar-refractivity contribution >= 4 is 23.0 Å². The standard InChI is InChI=1S/C12H17ClN2O3/c1-8(2)18-5-4-14-12-9(3)6-10(15(16)17)7-11(12)13/h6-8,14H,4-5H2,1-3H3. The van der Waals surface area contributed by atoms with Gasteiger partial charge in [0.25, 0.3) is 5.69 Å². The Morgan fingerprint density at radius 1 is 1.50 bits per heavy atom. The summed E-state index contributed by atoms with van der Waals surface area (Å²) in [5, 5.41) is 14.1. The monoisotopic (exact) mass is 272 g/mol. The van der Waals surface area contributed by atoms with E-state index >= 15 is 0 Å². The zero-order valence-electron chi connectivity index (χ0n) is 10.7. The minimum atomic E-state index is -0.454. The van der Waals surface area contributed by atoms with Crippen molar-refractivity contribution < 1.29 is 9.66 Å². The molecule has 0 saturated heterocycles. The third-order valence-electron chi connectivity index (χ3n) is 2.34. The van der Waals surface area contributed by atoms with Crippen LogP contribution in [0.15, 0.2) is 12.1 Å². The van der Waals surface area contributed by atoms with E-state index in [-0.39, 0.29) is 11.8 Å². The van der Waals surface area contributed by atoms with Gasteiger partial charge in [0.15, 0.2) is 0 Å². The molecule has 100 valence electrons. The molecule has 18 heavy (non-hydrogen) atoms. The lowest BCUT2D eigenvalue weighted by Gasteiger charge is -2.12. The third-order valence-corrected chi connectivity index (χ3v) is 2.64. The van der Waals surface area contributed by atoms with Crippen LogP contribution in [0.2, 0.25) is 5.02 Å². The number of hydrogen-bond acceptors (Lipinski definition) is 4. The van der Waals surface area contributed by atoms with Gasteiger partial charge < -0.3 is 10.1 Å². The van der Waals surface area contributed by atoms with Crippen molar-refractivity contribution in [3.63, 3.8) is 0 Å². The second-order valence-electron chi connectivity index (χ2n) is 4.22. The van der Waals surface area contributed by atoms with E-state index in [4.69, 9.17) is 16.3 Å². The number of aryl methyl sites for hydroxylation is 1. The molecule has 0 unspecified atom stereocenters. The number of benzene rings is 1. The Labute approximate surface area is 111 Å². The van der Waals surface area contributed by atoms with Gasteiger partial charge in [-0.2, -0.15) is 0 Å². The van der Waals surface area contributed by atoms with Crippen LogP contribution in [0.4, 0.5) is 11.4 Å². The fourth-order valence-electron chi connectivity index (χ4n) is 1.53. The molecule has 1 aromatic rings. The molecule has 0 spiro atoms. The Bertz CT molecular complexity index is 412. The summed E-state index contributed by atoms with van der Waals surface area (Å²) < 4.78 is 5.39. The predicted octanol–water partition coefficient (Wildman–Crippen LogP) is 3.39. The van der Waals surface area contributed by atoms with E-state index in [9.17, 15) is 10.1 Å². The van der Waals surface area contributed by atoms with Crippen molar-refractivity contribution in [1.29, 1.82) is 0 Å². The SMILES string of the molecule is Cc1cc([N+](=O)[O-])cc(Cl)c1NCCOC(C)C. The van der Waals surface area contributed by atoms with Crippen molar-refractivity contribution in [2.75, 3.05) is 18.5 Å². The lowest BCUT2D eigenvalue weighted by Crippen LogP contribution is -2.14. The maximum Gasteiger partial charge on any atom is 0.271 e. The van der Waals surface area contributed by atoms with Crippen LogP contribution < -0.4 is 5.32 Å². The van der Waals surface area contributed by atoms with Crippen LogP contribution in [0.1, 0.15) is 19.4 Å². The molecular weight excluding hydrogens is 256 g/mol. The number of non-ortho nitro benzene ring substituents is 1. The second kappa shape index (κ2) is 6.56. The maximum atomic E-state index is 10.7. The molecule has 6 heteroatoms. The third kappa shape index (κ3) is 4.16. The first-order valence-corrected chi connectivity index (χ1v) is 6.09. The molecule has 1 N–H and O–H groups in total. The van der Waals surface area contributed by atoms with Gasteiger partial charge in [0.1, 0.15) is 0 Å². The van der Waals surface area contributed by atoms with Gasteiger partial charge in [-0.25, -0.2) is 0 Å². The molecule has 0 aliphatic carbocycles. The quantitative estimate of drug-likeness (QED) is 0.490. The Morgan fingerprint density at radius 2 is 2.17 bits per heavy atom. The summed E-state index contributed by atoms with van der Waals surface area (Å²) in [6, 6.07) is 2.84. The highest BCUT2D eigenvalue weighted by atomic mass is 35.5. The van der Waals surface area contributed by atoms with Crippen molar-refractivity contribution in [2.45, 2.75) is 26.9 Å². The number of nitro benzene ring substituents is 1. The molecule has 5 nitrogen and oxygen atoms in total. The van der Waals surface area contributed by atoms with Crippen LogP contribution >= 0.6 is 11.6 Å². The molecule has 0 heterocycles. The van der Waals surface area contributed by atoms with E-state index in [1.807, 2.05) is 13.8 Å². The number of anilines is 1. The molecule has 0 aliphatic heterocycles. The van der Waals surface area contributed by atoms with Gasteiger partial charge in [-0.05, 0) is 26.3 Å². The molecule has 0 bridgehead atoms. The Hall–Kier alpha value is -1.33. The van der Waals surface area contributed by atoms with Gasteiger partial charge in [-0.3, -0.25) is 10.1 Å². The van der Waals surface area contributed by atoms with Crippen LogP contribution in [0.5, 0.6) is 0 Å². The van der Waals surface area contributed by atoms with Crippen LogP contribution in [-0.2, 0) is 4.74 Å². The second-order valence-corrected chi connectivity index (χ2v) is 4.63. The van der Waals surface area contributed by atoms with Crippen molar-refractivity contribution in [3.8, 4) is 0 Å². The van der Waals surface area contributed by atoms with Crippen molar-refractivity contribution in [1.82, 2.24) is 0 Å². The van der Waals surface area contributed by atoms with Gasteiger partial charge in [0.05, 0.1) is 28.3 Å². The summed E-state index contributed by atoms with van der Waals surface area (Å²) in [5.74, 6) is 0. The van der Waals surface area contributed by atoms with Crippen LogP contribution in [0.3, 0.4) is 0 Å². The zero-order valence-corrected chi connectivity index (χ0v) is 11.5. The number of hydrogen-bond donors (Lipinski definition) is 1. The highest BCUT2D eigenvalue weighted by Crippen LogP contribution is 2.30. The number of rotatable bonds is 6. The first-order chi connectivity index (χ1) is 8.41. The molecule has 0 atom stereocenters. The molecule has 0 aromatic heterocycles. The largest absolute Gasteiger partial charge is 0.381 e. The minimum absolute atomic E-state index is 0.00137. The Morgan fingerprint density at radius 3 is 2.67 bits per heavy atom. The lowest BCUT2D eigenvalue weighted by atomic mass is 10.2. The normalized spacial score (nSPS) is 10.7. The fraction of sp³-hybridized carbons (Fsp3) is 0.500. The van der Waals surface area contributed by atoms with Crippen molar-refractivity contribution in [3.05, 3.63) is 32.8 Å². The summed E-state index contributed by atoms with van der Waals surface area (Å²) in [5.41, 5.74) is 1.47. The van der Waals surface area contributed by atoms with Gasteiger partial charge >= 0.3 is 0 Å².